The molecule has 0 bridgehead atoms. The third-order valence-electron chi connectivity index (χ3n) is 3.65. The highest BCUT2D eigenvalue weighted by atomic mass is 16.5. The number of benzene rings is 1. The van der Waals surface area contributed by atoms with Gasteiger partial charge < -0.3 is 19.2 Å². The molecule has 0 atom stereocenters. The maximum absolute atomic E-state index is 10.9. The molecule has 1 amide bonds. The van der Waals surface area contributed by atoms with Crippen molar-refractivity contribution < 1.29 is 18.7 Å². The molecule has 1 saturated carbocycles. The van der Waals surface area contributed by atoms with Crippen LogP contribution in [0.1, 0.15) is 25.5 Å². The third-order valence-corrected chi connectivity index (χ3v) is 3.65. The number of hydrogen-bond acceptors (Lipinski definition) is 5. The van der Waals surface area contributed by atoms with Crippen LogP contribution in [0.3, 0.4) is 0 Å². The van der Waals surface area contributed by atoms with Crippen molar-refractivity contribution in [3.63, 3.8) is 0 Å². The third kappa shape index (κ3) is 4.03. The van der Waals surface area contributed by atoms with E-state index in [-0.39, 0.29) is 5.91 Å². The minimum absolute atomic E-state index is 0.102. The summed E-state index contributed by atoms with van der Waals surface area (Å²) >= 11 is 0. The summed E-state index contributed by atoms with van der Waals surface area (Å²) in [4.78, 5) is 15.3. The summed E-state index contributed by atoms with van der Waals surface area (Å²) in [5.41, 5.74) is 1.48. The van der Waals surface area contributed by atoms with Crippen molar-refractivity contribution in [3.05, 3.63) is 30.2 Å². The molecule has 1 N–H and O–H groups in total. The smallest absolute Gasteiger partial charge is 0.226 e. The van der Waals surface area contributed by atoms with Crippen LogP contribution < -0.4 is 14.8 Å². The lowest BCUT2D eigenvalue weighted by molar-refractivity contribution is -0.119. The lowest BCUT2D eigenvalue weighted by Gasteiger charge is -2.11. The number of rotatable bonds is 7. The van der Waals surface area contributed by atoms with Crippen LogP contribution in [0.15, 0.2) is 28.9 Å². The van der Waals surface area contributed by atoms with E-state index >= 15 is 0 Å². The van der Waals surface area contributed by atoms with Crippen LogP contribution in [0, 0.1) is 5.92 Å². The molecule has 3 rings (SSSR count). The quantitative estimate of drug-likeness (QED) is 0.850. The van der Waals surface area contributed by atoms with E-state index in [2.05, 4.69) is 10.3 Å². The molecule has 1 aromatic carbocycles. The molecule has 1 fully saturated rings. The zero-order valence-electron chi connectivity index (χ0n) is 13.3. The van der Waals surface area contributed by atoms with Crippen LogP contribution in [-0.4, -0.2) is 24.6 Å². The average molecular weight is 316 g/mol. The van der Waals surface area contributed by atoms with Gasteiger partial charge in [0, 0.05) is 12.5 Å². The van der Waals surface area contributed by atoms with Crippen molar-refractivity contribution in [2.24, 2.45) is 5.92 Å². The first-order valence-corrected chi connectivity index (χ1v) is 7.65. The highest BCUT2D eigenvalue weighted by Gasteiger charge is 2.23. The summed E-state index contributed by atoms with van der Waals surface area (Å²) in [5.74, 6) is 2.44. The maximum Gasteiger partial charge on any atom is 0.226 e. The Balaban J connectivity index is 1.75. The highest BCUT2D eigenvalue weighted by molar-refractivity contribution is 5.72. The molecule has 0 spiro atoms. The molecule has 1 heterocycles. The minimum atomic E-state index is -0.102. The Morgan fingerprint density at radius 3 is 2.91 bits per heavy atom. The molecule has 23 heavy (non-hydrogen) atoms. The fourth-order valence-electron chi connectivity index (χ4n) is 2.15. The van der Waals surface area contributed by atoms with E-state index in [4.69, 9.17) is 13.9 Å². The van der Waals surface area contributed by atoms with E-state index in [1.165, 1.54) is 19.8 Å². The van der Waals surface area contributed by atoms with Gasteiger partial charge in [-0.25, -0.2) is 4.98 Å². The fraction of sp³-hybridized carbons (Fsp3) is 0.412. The molecule has 2 aromatic rings. The Bertz CT molecular complexity index is 692. The Labute approximate surface area is 134 Å². The predicted octanol–water partition coefficient (Wildman–Crippen LogP) is 2.78. The first kappa shape index (κ1) is 15.4. The molecular formula is C17H20N2O4. The number of hydrogen-bond donors (Lipinski definition) is 1. The van der Waals surface area contributed by atoms with Gasteiger partial charge in [-0.15, -0.1) is 0 Å². The van der Waals surface area contributed by atoms with E-state index in [1.54, 1.807) is 13.4 Å². The number of ether oxygens (including phenoxy) is 2. The van der Waals surface area contributed by atoms with Gasteiger partial charge in [-0.05, 0) is 37.0 Å². The van der Waals surface area contributed by atoms with Crippen molar-refractivity contribution in [2.75, 3.05) is 13.7 Å². The Morgan fingerprint density at radius 2 is 2.22 bits per heavy atom. The fourth-order valence-corrected chi connectivity index (χ4v) is 2.15. The number of carbonyl (C=O) groups is 1. The lowest BCUT2D eigenvalue weighted by atomic mass is 10.2. The summed E-state index contributed by atoms with van der Waals surface area (Å²) in [6.45, 7) is 2.52. The molecule has 6 nitrogen and oxygen atoms in total. The normalized spacial score (nSPS) is 13.7. The molecule has 0 aliphatic heterocycles. The second kappa shape index (κ2) is 6.73. The zero-order chi connectivity index (χ0) is 16.2. The summed E-state index contributed by atoms with van der Waals surface area (Å²) in [5, 5.41) is 2.69. The summed E-state index contributed by atoms with van der Waals surface area (Å²) in [6.07, 6.45) is 4.00. The van der Waals surface area contributed by atoms with E-state index in [1.807, 2.05) is 18.2 Å². The van der Waals surface area contributed by atoms with Crippen LogP contribution in [0.5, 0.6) is 11.5 Å². The van der Waals surface area contributed by atoms with Gasteiger partial charge in [0.25, 0.3) is 0 Å². The summed E-state index contributed by atoms with van der Waals surface area (Å²) in [6, 6.07) is 5.58. The van der Waals surface area contributed by atoms with Crippen molar-refractivity contribution in [2.45, 2.75) is 26.3 Å². The number of amides is 1. The Morgan fingerprint density at radius 1 is 1.39 bits per heavy atom. The van der Waals surface area contributed by atoms with E-state index in [0.717, 1.165) is 5.56 Å². The first-order valence-electron chi connectivity index (χ1n) is 7.65. The molecule has 0 unspecified atom stereocenters. The number of oxazole rings is 1. The van der Waals surface area contributed by atoms with Gasteiger partial charge >= 0.3 is 0 Å². The molecule has 1 aromatic heterocycles. The maximum atomic E-state index is 10.9. The standard InChI is InChI=1S/C17H20N2O4/c1-11(20)18-8-14-10-23-17(19-14)13-5-6-15(21-2)16(7-13)22-9-12-3-4-12/h5-7,10,12H,3-4,8-9H2,1-2H3,(H,18,20). The molecule has 1 aliphatic carbocycles. The second-order valence-electron chi connectivity index (χ2n) is 5.67. The van der Waals surface area contributed by atoms with Gasteiger partial charge in [-0.1, -0.05) is 0 Å². The van der Waals surface area contributed by atoms with Gasteiger partial charge in [-0.3, -0.25) is 4.79 Å². The predicted molar refractivity (Wildman–Crippen MR) is 84.2 cm³/mol. The highest BCUT2D eigenvalue weighted by Crippen LogP contribution is 2.35. The molecule has 122 valence electrons. The van der Waals surface area contributed by atoms with Gasteiger partial charge in [0.1, 0.15) is 6.26 Å². The van der Waals surface area contributed by atoms with Gasteiger partial charge in [-0.2, -0.15) is 0 Å². The summed E-state index contributed by atoms with van der Waals surface area (Å²) < 4.78 is 16.7. The molecule has 6 heteroatoms. The number of aromatic nitrogens is 1. The van der Waals surface area contributed by atoms with Crippen molar-refractivity contribution in [1.29, 1.82) is 0 Å². The SMILES string of the molecule is COc1ccc(-c2nc(CNC(C)=O)co2)cc1OCC1CC1. The monoisotopic (exact) mass is 316 g/mol. The van der Waals surface area contributed by atoms with E-state index in [9.17, 15) is 4.79 Å². The molecular weight excluding hydrogens is 296 g/mol. The Hall–Kier alpha value is -2.50. The van der Waals surface area contributed by atoms with Crippen LogP contribution in [-0.2, 0) is 11.3 Å². The first-order chi connectivity index (χ1) is 11.2. The van der Waals surface area contributed by atoms with Gasteiger partial charge in [0.15, 0.2) is 11.5 Å². The van der Waals surface area contributed by atoms with Crippen LogP contribution in [0.4, 0.5) is 0 Å². The largest absolute Gasteiger partial charge is 0.493 e. The minimum Gasteiger partial charge on any atom is -0.493 e. The van der Waals surface area contributed by atoms with Crippen LogP contribution >= 0.6 is 0 Å². The van der Waals surface area contributed by atoms with E-state index < -0.39 is 0 Å². The van der Waals surface area contributed by atoms with Crippen LogP contribution in [0.2, 0.25) is 0 Å². The van der Waals surface area contributed by atoms with Gasteiger partial charge in [0.05, 0.1) is 26.0 Å². The average Bonchev–Trinajstić information content (AvgIpc) is 3.26. The Kier molecular flexibility index (Phi) is 4.50. The number of carbonyl (C=O) groups excluding carboxylic acids is 1. The number of nitrogens with zero attached hydrogens (tertiary/aromatic N) is 1. The molecule has 0 radical (unpaired) electrons. The van der Waals surface area contributed by atoms with Crippen LogP contribution in [0.25, 0.3) is 11.5 Å². The van der Waals surface area contributed by atoms with Gasteiger partial charge in [0.2, 0.25) is 11.8 Å². The second-order valence-corrected chi connectivity index (χ2v) is 5.67. The number of nitrogens with one attached hydrogen (secondary N) is 1. The number of methoxy groups -OCH3 is 1. The topological polar surface area (TPSA) is 73.6 Å². The zero-order valence-corrected chi connectivity index (χ0v) is 13.3. The molecule has 1 aliphatic rings. The molecule has 0 saturated heterocycles. The van der Waals surface area contributed by atoms with Crippen molar-refractivity contribution >= 4 is 5.91 Å². The lowest BCUT2D eigenvalue weighted by Crippen LogP contribution is -2.18. The summed E-state index contributed by atoms with van der Waals surface area (Å²) in [7, 11) is 1.62. The van der Waals surface area contributed by atoms with E-state index in [0.29, 0.717) is 42.2 Å². The van der Waals surface area contributed by atoms with Crippen molar-refractivity contribution in [3.8, 4) is 23.0 Å². The van der Waals surface area contributed by atoms with Crippen molar-refractivity contribution in [1.82, 2.24) is 10.3 Å².